The highest BCUT2D eigenvalue weighted by atomic mass is 35.5. The number of amides is 1. The van der Waals surface area contributed by atoms with E-state index in [0.717, 1.165) is 13.1 Å². The molecule has 0 aromatic carbocycles. The van der Waals surface area contributed by atoms with Crippen molar-refractivity contribution >= 4 is 29.1 Å². The lowest BCUT2D eigenvalue weighted by atomic mass is 10.1. The molecule has 1 amide bonds. The van der Waals surface area contributed by atoms with Crippen molar-refractivity contribution < 1.29 is 14.6 Å². The first kappa shape index (κ1) is 15.3. The van der Waals surface area contributed by atoms with Crippen LogP contribution in [0.15, 0.2) is 0 Å². The molecular weight excluding hydrogens is 291 g/mol. The Bertz CT molecular complexity index is 344. The molecule has 1 saturated carbocycles. The maximum Gasteiger partial charge on any atom is 0.226 e. The summed E-state index contributed by atoms with van der Waals surface area (Å²) in [6.45, 7) is 5.40. The van der Waals surface area contributed by atoms with Crippen LogP contribution < -0.4 is 5.32 Å². The minimum atomic E-state index is -0.969. The van der Waals surface area contributed by atoms with Gasteiger partial charge in [0.2, 0.25) is 5.91 Å². The molecule has 2 N–H and O–H groups in total. The van der Waals surface area contributed by atoms with Crippen LogP contribution in [0.1, 0.15) is 13.3 Å². The number of aliphatic hydroxyl groups is 1. The van der Waals surface area contributed by atoms with Crippen molar-refractivity contribution in [1.29, 1.82) is 0 Å². The van der Waals surface area contributed by atoms with Crippen molar-refractivity contribution in [1.82, 2.24) is 10.2 Å². The molecule has 1 aliphatic heterocycles. The van der Waals surface area contributed by atoms with Gasteiger partial charge in [-0.15, -0.1) is 23.2 Å². The van der Waals surface area contributed by atoms with Crippen molar-refractivity contribution in [2.45, 2.75) is 23.3 Å². The van der Waals surface area contributed by atoms with E-state index in [0.29, 0.717) is 26.2 Å². The fraction of sp³-hybridized carbons (Fsp3) is 0.917. The number of carbonyl (C=O) groups excluding carboxylic acids is 1. The van der Waals surface area contributed by atoms with Crippen LogP contribution in [-0.4, -0.2) is 65.2 Å². The van der Waals surface area contributed by atoms with Gasteiger partial charge in [0.25, 0.3) is 0 Å². The first-order chi connectivity index (χ1) is 8.80. The Morgan fingerprint density at radius 2 is 2.11 bits per heavy atom. The predicted molar refractivity (Wildman–Crippen MR) is 73.4 cm³/mol. The molecule has 7 heteroatoms. The highest BCUT2D eigenvalue weighted by molar-refractivity contribution is 6.52. The van der Waals surface area contributed by atoms with E-state index in [1.165, 1.54) is 0 Å². The van der Waals surface area contributed by atoms with Gasteiger partial charge < -0.3 is 15.2 Å². The van der Waals surface area contributed by atoms with Crippen LogP contribution in [0, 0.1) is 5.92 Å². The maximum atomic E-state index is 11.7. The van der Waals surface area contributed by atoms with Crippen LogP contribution >= 0.6 is 23.2 Å². The van der Waals surface area contributed by atoms with Gasteiger partial charge in [0.15, 0.2) is 0 Å². The van der Waals surface area contributed by atoms with E-state index in [9.17, 15) is 9.90 Å². The number of carbonyl (C=O) groups is 1. The van der Waals surface area contributed by atoms with Crippen molar-refractivity contribution in [3.05, 3.63) is 0 Å². The van der Waals surface area contributed by atoms with Crippen LogP contribution in [0.2, 0.25) is 0 Å². The van der Waals surface area contributed by atoms with Gasteiger partial charge in [-0.3, -0.25) is 9.69 Å². The second-order valence-corrected chi connectivity index (χ2v) is 7.16. The van der Waals surface area contributed by atoms with Gasteiger partial charge in [0, 0.05) is 26.2 Å². The van der Waals surface area contributed by atoms with E-state index < -0.39 is 9.93 Å². The summed E-state index contributed by atoms with van der Waals surface area (Å²) in [5.74, 6) is -0.540. The third-order valence-electron chi connectivity index (χ3n) is 3.45. The number of nitrogens with zero attached hydrogens (tertiary/aromatic N) is 1. The zero-order chi connectivity index (χ0) is 14.1. The Balaban J connectivity index is 1.72. The molecule has 2 fully saturated rings. The molecule has 1 saturated heterocycles. The highest BCUT2D eigenvalue weighted by Gasteiger charge is 2.56. The highest BCUT2D eigenvalue weighted by Crippen LogP contribution is 2.53. The summed E-state index contributed by atoms with van der Waals surface area (Å²) >= 11 is 11.7. The first-order valence-electron chi connectivity index (χ1n) is 6.48. The zero-order valence-corrected chi connectivity index (χ0v) is 12.5. The molecule has 0 aromatic rings. The van der Waals surface area contributed by atoms with Gasteiger partial charge in [-0.25, -0.2) is 0 Å². The Morgan fingerprint density at radius 3 is 2.63 bits per heavy atom. The summed E-state index contributed by atoms with van der Waals surface area (Å²) in [4.78, 5) is 13.9. The van der Waals surface area contributed by atoms with Gasteiger partial charge in [0.1, 0.15) is 4.33 Å². The minimum Gasteiger partial charge on any atom is -0.387 e. The number of ether oxygens (including phenoxy) is 1. The van der Waals surface area contributed by atoms with Gasteiger partial charge in [-0.05, 0) is 13.3 Å². The molecule has 2 aliphatic rings. The number of β-amino-alcohol motifs (C(OH)–C–C–N with tert-alkyl or cyclic N) is 1. The van der Waals surface area contributed by atoms with Crippen LogP contribution in [-0.2, 0) is 9.53 Å². The molecule has 0 spiro atoms. The molecule has 110 valence electrons. The van der Waals surface area contributed by atoms with Crippen molar-refractivity contribution in [3.8, 4) is 0 Å². The van der Waals surface area contributed by atoms with E-state index in [1.807, 2.05) is 0 Å². The monoisotopic (exact) mass is 310 g/mol. The number of hydrogen-bond donors (Lipinski definition) is 2. The summed E-state index contributed by atoms with van der Waals surface area (Å²) < 4.78 is 4.34. The van der Waals surface area contributed by atoms with Crippen LogP contribution in [0.3, 0.4) is 0 Å². The molecule has 0 radical (unpaired) electrons. The van der Waals surface area contributed by atoms with E-state index in [1.54, 1.807) is 6.92 Å². The SMILES string of the molecule is CC(O)(CNC(=O)C1CC1(Cl)Cl)CN1CCOCC1. The molecule has 1 aliphatic carbocycles. The molecular formula is C12H20Cl2N2O3. The second kappa shape index (κ2) is 5.74. The molecule has 2 unspecified atom stereocenters. The maximum absolute atomic E-state index is 11.7. The Hall–Kier alpha value is -0.0700. The number of nitrogens with one attached hydrogen (secondary N) is 1. The number of rotatable bonds is 5. The van der Waals surface area contributed by atoms with Gasteiger partial charge in [0.05, 0.1) is 24.7 Å². The normalized spacial score (nSPS) is 29.6. The Morgan fingerprint density at radius 1 is 1.53 bits per heavy atom. The topological polar surface area (TPSA) is 61.8 Å². The number of halogens is 2. The van der Waals surface area contributed by atoms with Crippen molar-refractivity contribution in [2.75, 3.05) is 39.4 Å². The molecule has 0 bridgehead atoms. The molecule has 5 nitrogen and oxygen atoms in total. The summed E-state index contributed by atoms with van der Waals surface area (Å²) in [5.41, 5.74) is -0.969. The largest absolute Gasteiger partial charge is 0.387 e. The molecule has 1 heterocycles. The van der Waals surface area contributed by atoms with Crippen LogP contribution in [0.25, 0.3) is 0 Å². The predicted octanol–water partition coefficient (Wildman–Crippen LogP) is 0.380. The third-order valence-corrected chi connectivity index (χ3v) is 4.29. The van der Waals surface area contributed by atoms with Crippen molar-refractivity contribution in [2.24, 2.45) is 5.92 Å². The fourth-order valence-electron chi connectivity index (χ4n) is 2.20. The lowest BCUT2D eigenvalue weighted by Crippen LogP contribution is -2.51. The average Bonchev–Trinajstić information content (AvgIpc) is 2.96. The quantitative estimate of drug-likeness (QED) is 0.721. The molecule has 0 aromatic heterocycles. The third kappa shape index (κ3) is 4.46. The second-order valence-electron chi connectivity index (χ2n) is 5.62. The minimum absolute atomic E-state index is 0.188. The summed E-state index contributed by atoms with van der Waals surface area (Å²) in [7, 11) is 0. The summed E-state index contributed by atoms with van der Waals surface area (Å²) in [5, 5.41) is 13.0. The fourth-order valence-corrected chi connectivity index (χ4v) is 2.70. The van der Waals surface area contributed by atoms with Crippen LogP contribution in [0.5, 0.6) is 0 Å². The van der Waals surface area contributed by atoms with Gasteiger partial charge in [-0.2, -0.15) is 0 Å². The van der Waals surface area contributed by atoms with Gasteiger partial charge >= 0.3 is 0 Å². The van der Waals surface area contributed by atoms with E-state index in [2.05, 4.69) is 10.2 Å². The standard InChI is InChI=1S/C12H20Cl2N2O3/c1-11(18,8-16-2-4-19-5-3-16)7-15-10(17)9-6-12(9,13)14/h9,18H,2-8H2,1H3,(H,15,17). The van der Waals surface area contributed by atoms with E-state index >= 15 is 0 Å². The molecule has 2 rings (SSSR count). The smallest absolute Gasteiger partial charge is 0.226 e. The molecule has 2 atom stereocenters. The zero-order valence-electron chi connectivity index (χ0n) is 11.0. The van der Waals surface area contributed by atoms with Crippen molar-refractivity contribution in [3.63, 3.8) is 0 Å². The lowest BCUT2D eigenvalue weighted by molar-refractivity contribution is -0.123. The van der Waals surface area contributed by atoms with E-state index in [4.69, 9.17) is 27.9 Å². The summed E-state index contributed by atoms with van der Waals surface area (Å²) in [6.07, 6.45) is 0.480. The average molecular weight is 311 g/mol. The van der Waals surface area contributed by atoms with E-state index in [-0.39, 0.29) is 18.4 Å². The first-order valence-corrected chi connectivity index (χ1v) is 7.24. The Labute approximate surface area is 123 Å². The lowest BCUT2D eigenvalue weighted by Gasteiger charge is -2.33. The van der Waals surface area contributed by atoms with Gasteiger partial charge in [-0.1, -0.05) is 0 Å². The number of hydrogen-bond acceptors (Lipinski definition) is 4. The molecule has 19 heavy (non-hydrogen) atoms. The Kier molecular flexibility index (Phi) is 4.63. The summed E-state index contributed by atoms with van der Waals surface area (Å²) in [6, 6.07) is 0. The number of morpholine rings is 1. The van der Waals surface area contributed by atoms with Crippen LogP contribution in [0.4, 0.5) is 0 Å². The number of alkyl halides is 2.